The van der Waals surface area contributed by atoms with Gasteiger partial charge in [0.05, 0.1) is 24.8 Å². The summed E-state index contributed by atoms with van der Waals surface area (Å²) >= 11 is 0. The van der Waals surface area contributed by atoms with Gasteiger partial charge in [-0.2, -0.15) is 0 Å². The van der Waals surface area contributed by atoms with Crippen LogP contribution in [0.3, 0.4) is 0 Å². The molecule has 4 rings (SSSR count). The van der Waals surface area contributed by atoms with E-state index in [0.717, 1.165) is 42.5 Å². The Bertz CT molecular complexity index is 1190. The van der Waals surface area contributed by atoms with E-state index in [-0.39, 0.29) is 30.4 Å². The molecule has 1 aliphatic rings. The van der Waals surface area contributed by atoms with Gasteiger partial charge in [0.2, 0.25) is 0 Å². The molecule has 0 radical (unpaired) electrons. The van der Waals surface area contributed by atoms with Gasteiger partial charge in [0, 0.05) is 28.3 Å². The molecule has 3 aromatic rings. The van der Waals surface area contributed by atoms with E-state index < -0.39 is 0 Å². The highest BCUT2D eigenvalue weighted by molar-refractivity contribution is 6.08. The lowest BCUT2D eigenvalue weighted by Crippen LogP contribution is -2.32. The van der Waals surface area contributed by atoms with Crippen LogP contribution in [0.4, 0.5) is 0 Å². The number of aryl methyl sites for hydroxylation is 1. The summed E-state index contributed by atoms with van der Waals surface area (Å²) in [7, 11) is 1.53. The maximum absolute atomic E-state index is 13.4. The lowest BCUT2D eigenvalue weighted by atomic mass is 9.91. The predicted octanol–water partition coefficient (Wildman–Crippen LogP) is 3.87. The molecule has 2 aromatic heterocycles. The summed E-state index contributed by atoms with van der Waals surface area (Å²) in [6.07, 6.45) is 2.26. The van der Waals surface area contributed by atoms with Crippen molar-refractivity contribution in [1.29, 1.82) is 0 Å². The number of piperidine rings is 1. The summed E-state index contributed by atoms with van der Waals surface area (Å²) in [4.78, 5) is 28.6. The van der Waals surface area contributed by atoms with E-state index in [0.29, 0.717) is 34.5 Å². The van der Waals surface area contributed by atoms with Crippen molar-refractivity contribution >= 4 is 29.2 Å². The van der Waals surface area contributed by atoms with E-state index in [1.165, 1.54) is 7.11 Å². The molecule has 1 aromatic carbocycles. The molecule has 1 saturated heterocycles. The summed E-state index contributed by atoms with van der Waals surface area (Å²) in [5.41, 5.74) is 3.58. The Morgan fingerprint density at radius 3 is 2.64 bits per heavy atom. The fraction of sp³-hybridized carbons (Fsp3) is 0.440. The molecule has 1 amide bonds. The first-order chi connectivity index (χ1) is 15.4. The fourth-order valence-corrected chi connectivity index (χ4v) is 5.03. The van der Waals surface area contributed by atoms with Crippen LogP contribution in [0, 0.1) is 19.8 Å². The van der Waals surface area contributed by atoms with E-state index in [1.54, 1.807) is 13.0 Å². The van der Waals surface area contributed by atoms with Gasteiger partial charge in [-0.3, -0.25) is 9.59 Å². The first kappa shape index (κ1) is 24.9. The van der Waals surface area contributed by atoms with Gasteiger partial charge in [-0.25, -0.2) is 0 Å². The number of carbonyl (C=O) groups excluding carboxylic acids is 1. The topological polar surface area (TPSA) is 88.2 Å². The number of methoxy groups -OCH3 is 1. The molecule has 0 bridgehead atoms. The Hall–Kier alpha value is -2.77. The summed E-state index contributed by atoms with van der Waals surface area (Å²) in [5.74, 6) is 0.860. The van der Waals surface area contributed by atoms with Gasteiger partial charge >= 0.3 is 0 Å². The maximum Gasteiger partial charge on any atom is 0.256 e. The van der Waals surface area contributed by atoms with Crippen LogP contribution < -0.4 is 20.9 Å². The quantitative estimate of drug-likeness (QED) is 0.508. The van der Waals surface area contributed by atoms with Gasteiger partial charge in [0.25, 0.3) is 11.5 Å². The van der Waals surface area contributed by atoms with E-state index in [4.69, 9.17) is 4.74 Å². The molecule has 3 heterocycles. The number of halogens is 1. The molecule has 0 aliphatic carbocycles. The van der Waals surface area contributed by atoms with Crippen LogP contribution >= 0.6 is 12.4 Å². The standard InChI is InChI=1S/C25H32N4O3.ClH/c1-15-13-22(32-4)20(24(30)28-15)14-27-25(31)23-17(3)29(21-8-6-5-7-19(21)23)16(2)18-9-11-26-12-10-18;/h5-8,13,16,18,26H,9-12,14H2,1-4H3,(H,27,31)(H,28,30);1H/t16-;/m0./s1. The lowest BCUT2D eigenvalue weighted by Gasteiger charge is -2.30. The largest absolute Gasteiger partial charge is 0.496 e. The van der Waals surface area contributed by atoms with E-state index in [1.807, 2.05) is 25.1 Å². The fourth-order valence-electron chi connectivity index (χ4n) is 5.03. The van der Waals surface area contributed by atoms with Crippen molar-refractivity contribution in [2.45, 2.75) is 46.2 Å². The van der Waals surface area contributed by atoms with Crippen molar-refractivity contribution in [1.82, 2.24) is 20.2 Å². The van der Waals surface area contributed by atoms with Crippen LogP contribution in [0.1, 0.15) is 53.1 Å². The van der Waals surface area contributed by atoms with E-state index in [2.05, 4.69) is 33.2 Å². The number of amides is 1. The number of H-pyrrole nitrogens is 1. The molecule has 0 spiro atoms. The van der Waals surface area contributed by atoms with Crippen LogP contribution in [0.2, 0.25) is 0 Å². The number of fused-ring (bicyclic) bond motifs is 1. The molecular formula is C25H33ClN4O3. The summed E-state index contributed by atoms with van der Waals surface area (Å²) in [6.45, 7) is 8.25. The van der Waals surface area contributed by atoms with Crippen molar-refractivity contribution in [3.8, 4) is 5.75 Å². The van der Waals surface area contributed by atoms with Crippen LogP contribution in [0.25, 0.3) is 10.9 Å². The number of benzene rings is 1. The summed E-state index contributed by atoms with van der Waals surface area (Å²) in [5, 5.41) is 7.32. The highest BCUT2D eigenvalue weighted by Crippen LogP contribution is 2.34. The SMILES string of the molecule is COc1cc(C)[nH]c(=O)c1CNC(=O)c1c(C)n([C@@H](C)C2CCNCC2)c2ccccc12.Cl. The number of hydrogen-bond acceptors (Lipinski definition) is 4. The average Bonchev–Trinajstić information content (AvgIpc) is 3.09. The highest BCUT2D eigenvalue weighted by Gasteiger charge is 2.27. The normalized spacial score (nSPS) is 15.2. The summed E-state index contributed by atoms with van der Waals surface area (Å²) in [6, 6.07) is 10.1. The Kier molecular flexibility index (Phi) is 7.87. The molecule has 1 aliphatic heterocycles. The Labute approximate surface area is 200 Å². The number of rotatable bonds is 6. The molecule has 33 heavy (non-hydrogen) atoms. The number of carbonyl (C=O) groups is 1. The Morgan fingerprint density at radius 1 is 1.24 bits per heavy atom. The molecule has 7 nitrogen and oxygen atoms in total. The van der Waals surface area contributed by atoms with Crippen LogP contribution in [-0.2, 0) is 6.54 Å². The Balaban J connectivity index is 0.00000306. The lowest BCUT2D eigenvalue weighted by molar-refractivity contribution is 0.0951. The first-order valence-corrected chi connectivity index (χ1v) is 11.3. The number of aromatic nitrogens is 2. The monoisotopic (exact) mass is 472 g/mol. The third kappa shape index (κ3) is 4.80. The molecular weight excluding hydrogens is 440 g/mol. The molecule has 8 heteroatoms. The summed E-state index contributed by atoms with van der Waals surface area (Å²) < 4.78 is 7.68. The van der Waals surface area contributed by atoms with Gasteiger partial charge in [-0.1, -0.05) is 18.2 Å². The minimum Gasteiger partial charge on any atom is -0.496 e. The number of ether oxygens (including phenoxy) is 1. The number of nitrogens with one attached hydrogen (secondary N) is 3. The third-order valence-corrected chi connectivity index (χ3v) is 6.73. The van der Waals surface area contributed by atoms with Gasteiger partial charge in [-0.05, 0) is 64.8 Å². The zero-order valence-corrected chi connectivity index (χ0v) is 20.5. The molecule has 0 unspecified atom stereocenters. The van der Waals surface area contributed by atoms with Crippen LogP contribution in [0.15, 0.2) is 35.1 Å². The molecule has 3 N–H and O–H groups in total. The van der Waals surface area contributed by atoms with Crippen molar-refractivity contribution in [3.05, 3.63) is 63.2 Å². The van der Waals surface area contributed by atoms with Gasteiger partial charge in [0.15, 0.2) is 0 Å². The molecule has 178 valence electrons. The van der Waals surface area contributed by atoms with Crippen molar-refractivity contribution in [2.24, 2.45) is 5.92 Å². The minimum atomic E-state index is -0.249. The third-order valence-electron chi connectivity index (χ3n) is 6.73. The minimum absolute atomic E-state index is 0. The average molecular weight is 473 g/mol. The zero-order valence-electron chi connectivity index (χ0n) is 19.7. The maximum atomic E-state index is 13.4. The second-order valence-corrected chi connectivity index (χ2v) is 8.69. The highest BCUT2D eigenvalue weighted by atomic mass is 35.5. The first-order valence-electron chi connectivity index (χ1n) is 11.3. The smallest absolute Gasteiger partial charge is 0.256 e. The van der Waals surface area contributed by atoms with E-state index >= 15 is 0 Å². The second-order valence-electron chi connectivity index (χ2n) is 8.69. The van der Waals surface area contributed by atoms with Crippen molar-refractivity contribution in [3.63, 3.8) is 0 Å². The molecule has 1 atom stereocenters. The van der Waals surface area contributed by atoms with E-state index in [9.17, 15) is 9.59 Å². The molecule has 0 saturated carbocycles. The van der Waals surface area contributed by atoms with Crippen LogP contribution in [-0.4, -0.2) is 35.7 Å². The van der Waals surface area contributed by atoms with Crippen molar-refractivity contribution < 1.29 is 9.53 Å². The zero-order chi connectivity index (χ0) is 22.8. The molecule has 1 fully saturated rings. The van der Waals surface area contributed by atoms with Crippen molar-refractivity contribution in [2.75, 3.05) is 20.2 Å². The number of hydrogen-bond donors (Lipinski definition) is 3. The number of pyridine rings is 1. The van der Waals surface area contributed by atoms with Gasteiger partial charge in [0.1, 0.15) is 5.75 Å². The Morgan fingerprint density at radius 2 is 1.94 bits per heavy atom. The second kappa shape index (κ2) is 10.4. The van der Waals surface area contributed by atoms with Crippen LogP contribution in [0.5, 0.6) is 5.75 Å². The predicted molar refractivity (Wildman–Crippen MR) is 134 cm³/mol. The van der Waals surface area contributed by atoms with Gasteiger partial charge in [-0.15, -0.1) is 12.4 Å². The van der Waals surface area contributed by atoms with Gasteiger partial charge < -0.3 is 24.9 Å². The number of para-hydroxylation sites is 1. The number of nitrogens with zero attached hydrogens (tertiary/aromatic N) is 1. The number of aromatic amines is 1.